The number of aromatic hydroxyl groups is 1. The van der Waals surface area contributed by atoms with Gasteiger partial charge < -0.3 is 10.4 Å². The molecule has 1 atom stereocenters. The number of nitrogens with one attached hydrogen (secondary N) is 1. The highest BCUT2D eigenvalue weighted by molar-refractivity contribution is 5.29. The Kier molecular flexibility index (Phi) is 4.09. The summed E-state index contributed by atoms with van der Waals surface area (Å²) in [5.74, 6) is 0.138. The fraction of sp³-hybridized carbons (Fsp3) is 0.500. The summed E-state index contributed by atoms with van der Waals surface area (Å²) in [5.41, 5.74) is 0.591. The van der Waals surface area contributed by atoms with Crippen LogP contribution in [0, 0.1) is 11.7 Å². The number of phenols is 1. The Labute approximate surface area is 90.1 Å². The first-order valence-electron chi connectivity index (χ1n) is 5.22. The van der Waals surface area contributed by atoms with Crippen molar-refractivity contribution >= 4 is 0 Å². The van der Waals surface area contributed by atoms with Crippen LogP contribution in [-0.4, -0.2) is 11.7 Å². The van der Waals surface area contributed by atoms with Crippen molar-refractivity contribution in [3.63, 3.8) is 0 Å². The lowest BCUT2D eigenvalue weighted by Gasteiger charge is -2.16. The largest absolute Gasteiger partial charge is 0.508 e. The van der Waals surface area contributed by atoms with Crippen LogP contribution in [0.4, 0.5) is 4.39 Å². The fourth-order valence-corrected chi connectivity index (χ4v) is 1.39. The lowest BCUT2D eigenvalue weighted by atomic mass is 10.1. The Bertz CT molecular complexity index is 325. The van der Waals surface area contributed by atoms with Gasteiger partial charge in [-0.05, 0) is 25.5 Å². The third-order valence-electron chi connectivity index (χ3n) is 2.28. The van der Waals surface area contributed by atoms with E-state index in [1.165, 1.54) is 6.07 Å². The van der Waals surface area contributed by atoms with Gasteiger partial charge in [-0.25, -0.2) is 4.39 Å². The van der Waals surface area contributed by atoms with Gasteiger partial charge in [0.1, 0.15) is 11.6 Å². The minimum absolute atomic E-state index is 0.0343. The first kappa shape index (κ1) is 12.0. The molecule has 0 aliphatic heterocycles. The Morgan fingerprint density at radius 2 is 2.00 bits per heavy atom. The highest BCUT2D eigenvalue weighted by Gasteiger charge is 2.10. The topological polar surface area (TPSA) is 32.3 Å². The molecule has 0 spiro atoms. The van der Waals surface area contributed by atoms with Crippen molar-refractivity contribution in [2.75, 3.05) is 6.54 Å². The molecule has 0 fully saturated rings. The van der Waals surface area contributed by atoms with Crippen molar-refractivity contribution in [3.8, 4) is 5.75 Å². The second kappa shape index (κ2) is 5.12. The Balaban J connectivity index is 2.69. The van der Waals surface area contributed by atoms with Crippen molar-refractivity contribution in [2.45, 2.75) is 26.8 Å². The van der Waals surface area contributed by atoms with Crippen LogP contribution in [0.1, 0.15) is 32.4 Å². The molecule has 0 saturated carbocycles. The maximum Gasteiger partial charge on any atom is 0.131 e. The molecule has 15 heavy (non-hydrogen) atoms. The molecule has 2 nitrogen and oxygen atoms in total. The van der Waals surface area contributed by atoms with Gasteiger partial charge in [-0.15, -0.1) is 0 Å². The van der Waals surface area contributed by atoms with E-state index >= 15 is 0 Å². The molecule has 1 unspecified atom stereocenters. The second-order valence-electron chi connectivity index (χ2n) is 4.23. The highest BCUT2D eigenvalue weighted by atomic mass is 19.1. The zero-order valence-electron chi connectivity index (χ0n) is 9.42. The smallest absolute Gasteiger partial charge is 0.131 e. The van der Waals surface area contributed by atoms with Gasteiger partial charge in [0, 0.05) is 17.7 Å². The van der Waals surface area contributed by atoms with Crippen LogP contribution in [-0.2, 0) is 0 Å². The average Bonchev–Trinajstić information content (AvgIpc) is 2.14. The number of rotatable bonds is 4. The third kappa shape index (κ3) is 3.51. The van der Waals surface area contributed by atoms with Gasteiger partial charge in [0.05, 0.1) is 0 Å². The number of halogens is 1. The summed E-state index contributed by atoms with van der Waals surface area (Å²) >= 11 is 0. The normalized spacial score (nSPS) is 13.1. The molecule has 0 aliphatic carbocycles. The monoisotopic (exact) mass is 211 g/mol. The van der Waals surface area contributed by atoms with Crippen molar-refractivity contribution in [1.82, 2.24) is 5.32 Å². The van der Waals surface area contributed by atoms with Gasteiger partial charge in [-0.2, -0.15) is 0 Å². The summed E-state index contributed by atoms with van der Waals surface area (Å²) in [5, 5.41) is 12.3. The van der Waals surface area contributed by atoms with E-state index in [9.17, 15) is 4.39 Å². The molecule has 2 N–H and O–H groups in total. The predicted octanol–water partition coefficient (Wildman–Crippen LogP) is 2.84. The molecule has 1 aromatic carbocycles. The van der Waals surface area contributed by atoms with E-state index in [0.29, 0.717) is 11.5 Å². The van der Waals surface area contributed by atoms with Gasteiger partial charge >= 0.3 is 0 Å². The molecule has 0 aliphatic rings. The van der Waals surface area contributed by atoms with Gasteiger partial charge in [-0.3, -0.25) is 0 Å². The van der Waals surface area contributed by atoms with E-state index in [1.807, 2.05) is 6.92 Å². The minimum atomic E-state index is -0.362. The Hall–Kier alpha value is -1.09. The van der Waals surface area contributed by atoms with Gasteiger partial charge in [0.25, 0.3) is 0 Å². The predicted molar refractivity (Wildman–Crippen MR) is 59.3 cm³/mol. The molecular weight excluding hydrogens is 193 g/mol. The molecule has 0 aromatic heterocycles. The van der Waals surface area contributed by atoms with Crippen LogP contribution in [0.3, 0.4) is 0 Å². The zero-order valence-corrected chi connectivity index (χ0v) is 9.42. The van der Waals surface area contributed by atoms with E-state index in [4.69, 9.17) is 5.11 Å². The van der Waals surface area contributed by atoms with Crippen LogP contribution >= 0.6 is 0 Å². The SMILES string of the molecule is CC(C)CNC(C)c1ccc(O)cc1F. The van der Waals surface area contributed by atoms with E-state index in [2.05, 4.69) is 19.2 Å². The van der Waals surface area contributed by atoms with E-state index in [-0.39, 0.29) is 17.6 Å². The highest BCUT2D eigenvalue weighted by Crippen LogP contribution is 2.20. The van der Waals surface area contributed by atoms with Crippen molar-refractivity contribution < 1.29 is 9.50 Å². The molecule has 84 valence electrons. The quantitative estimate of drug-likeness (QED) is 0.802. The van der Waals surface area contributed by atoms with Crippen LogP contribution < -0.4 is 5.32 Å². The average molecular weight is 211 g/mol. The molecule has 3 heteroatoms. The number of benzene rings is 1. The standard InChI is InChI=1S/C12H18FNO/c1-8(2)7-14-9(3)11-5-4-10(15)6-12(11)13/h4-6,8-9,14-15H,7H2,1-3H3. The van der Waals surface area contributed by atoms with E-state index in [0.717, 1.165) is 12.6 Å². The number of phenolic OH excluding ortho intramolecular Hbond substituents is 1. The summed E-state index contributed by atoms with van der Waals surface area (Å²) in [6.45, 7) is 6.97. The molecule has 0 amide bonds. The zero-order chi connectivity index (χ0) is 11.4. The van der Waals surface area contributed by atoms with Crippen molar-refractivity contribution in [2.24, 2.45) is 5.92 Å². The first-order chi connectivity index (χ1) is 7.00. The second-order valence-corrected chi connectivity index (χ2v) is 4.23. The van der Waals surface area contributed by atoms with Crippen molar-refractivity contribution in [1.29, 1.82) is 0 Å². The van der Waals surface area contributed by atoms with E-state index < -0.39 is 0 Å². The third-order valence-corrected chi connectivity index (χ3v) is 2.28. The Morgan fingerprint density at radius 3 is 2.53 bits per heavy atom. The van der Waals surface area contributed by atoms with Crippen LogP contribution in [0.15, 0.2) is 18.2 Å². The van der Waals surface area contributed by atoms with E-state index in [1.54, 1.807) is 6.07 Å². The summed E-state index contributed by atoms with van der Waals surface area (Å²) in [6.07, 6.45) is 0. The summed E-state index contributed by atoms with van der Waals surface area (Å²) in [6, 6.07) is 4.23. The molecule has 0 heterocycles. The fourth-order valence-electron chi connectivity index (χ4n) is 1.39. The molecule has 1 rings (SSSR count). The van der Waals surface area contributed by atoms with Gasteiger partial charge in [-0.1, -0.05) is 19.9 Å². The molecule has 1 aromatic rings. The number of hydrogen-bond acceptors (Lipinski definition) is 2. The van der Waals surface area contributed by atoms with Crippen LogP contribution in [0.5, 0.6) is 5.75 Å². The molecule has 0 radical (unpaired) electrons. The van der Waals surface area contributed by atoms with Gasteiger partial charge in [0.15, 0.2) is 0 Å². The molecule has 0 bridgehead atoms. The Morgan fingerprint density at radius 1 is 1.33 bits per heavy atom. The minimum Gasteiger partial charge on any atom is -0.508 e. The molecule has 0 saturated heterocycles. The number of hydrogen-bond donors (Lipinski definition) is 2. The van der Waals surface area contributed by atoms with Crippen molar-refractivity contribution in [3.05, 3.63) is 29.6 Å². The summed E-state index contributed by atoms with van der Waals surface area (Å²) < 4.78 is 13.4. The van der Waals surface area contributed by atoms with Crippen LogP contribution in [0.2, 0.25) is 0 Å². The summed E-state index contributed by atoms with van der Waals surface area (Å²) in [7, 11) is 0. The first-order valence-corrected chi connectivity index (χ1v) is 5.22. The maximum atomic E-state index is 13.4. The van der Waals surface area contributed by atoms with Gasteiger partial charge in [0.2, 0.25) is 0 Å². The van der Waals surface area contributed by atoms with Crippen LogP contribution in [0.25, 0.3) is 0 Å². The lowest BCUT2D eigenvalue weighted by molar-refractivity contribution is 0.457. The maximum absolute atomic E-state index is 13.4. The molecular formula is C12H18FNO. The lowest BCUT2D eigenvalue weighted by Crippen LogP contribution is -2.23. The summed E-state index contributed by atoms with van der Waals surface area (Å²) in [4.78, 5) is 0.